The third-order valence-corrected chi connectivity index (χ3v) is 3.17. The quantitative estimate of drug-likeness (QED) is 0.863. The number of benzene rings is 1. The molecule has 1 heterocycles. The Bertz CT molecular complexity index is 401. The number of carbonyl (C=O) groups is 1. The number of carbonyl (C=O) groups excluding carboxylic acids is 1. The van der Waals surface area contributed by atoms with E-state index in [1.54, 1.807) is 0 Å². The van der Waals surface area contributed by atoms with E-state index in [1.165, 1.54) is 0 Å². The summed E-state index contributed by atoms with van der Waals surface area (Å²) in [5.41, 5.74) is 1.97. The van der Waals surface area contributed by atoms with Gasteiger partial charge in [-0.05, 0) is 43.4 Å². The molecule has 1 aliphatic rings. The normalized spacial score (nSPS) is 16.3. The zero-order valence-corrected chi connectivity index (χ0v) is 10.7. The SMILES string of the molecule is Cc1cccc(NC(=O)NCC2CCOCC2)c1. The van der Waals surface area contributed by atoms with Crippen LogP contribution in [-0.4, -0.2) is 25.8 Å². The highest BCUT2D eigenvalue weighted by Gasteiger charge is 2.14. The fourth-order valence-electron chi connectivity index (χ4n) is 2.09. The van der Waals surface area contributed by atoms with Gasteiger partial charge in [0.1, 0.15) is 0 Å². The Balaban J connectivity index is 1.74. The Kier molecular flexibility index (Phi) is 4.59. The number of anilines is 1. The van der Waals surface area contributed by atoms with Crippen LogP contribution in [0.5, 0.6) is 0 Å². The lowest BCUT2D eigenvalue weighted by Crippen LogP contribution is -2.35. The largest absolute Gasteiger partial charge is 0.381 e. The van der Waals surface area contributed by atoms with E-state index in [2.05, 4.69) is 10.6 Å². The molecule has 0 spiro atoms. The molecule has 4 heteroatoms. The van der Waals surface area contributed by atoms with Crippen LogP contribution in [0, 0.1) is 12.8 Å². The molecule has 0 radical (unpaired) electrons. The molecule has 0 atom stereocenters. The summed E-state index contributed by atoms with van der Waals surface area (Å²) in [7, 11) is 0. The predicted molar refractivity (Wildman–Crippen MR) is 71.7 cm³/mol. The van der Waals surface area contributed by atoms with E-state index in [0.717, 1.165) is 43.9 Å². The number of urea groups is 1. The van der Waals surface area contributed by atoms with E-state index in [1.807, 2.05) is 31.2 Å². The Morgan fingerprint density at radius 3 is 2.89 bits per heavy atom. The minimum atomic E-state index is -0.132. The molecule has 18 heavy (non-hydrogen) atoms. The van der Waals surface area contributed by atoms with Crippen molar-refractivity contribution in [2.75, 3.05) is 25.1 Å². The summed E-state index contributed by atoms with van der Waals surface area (Å²) in [4.78, 5) is 11.7. The van der Waals surface area contributed by atoms with Gasteiger partial charge in [-0.15, -0.1) is 0 Å². The molecular weight excluding hydrogens is 228 g/mol. The first kappa shape index (κ1) is 12.9. The van der Waals surface area contributed by atoms with E-state index in [0.29, 0.717) is 5.92 Å². The third-order valence-electron chi connectivity index (χ3n) is 3.17. The zero-order chi connectivity index (χ0) is 12.8. The van der Waals surface area contributed by atoms with Gasteiger partial charge >= 0.3 is 6.03 Å². The molecule has 0 bridgehead atoms. The number of rotatable bonds is 3. The summed E-state index contributed by atoms with van der Waals surface area (Å²) in [6.07, 6.45) is 2.06. The smallest absolute Gasteiger partial charge is 0.319 e. The lowest BCUT2D eigenvalue weighted by molar-refractivity contribution is 0.0671. The van der Waals surface area contributed by atoms with Crippen molar-refractivity contribution < 1.29 is 9.53 Å². The first-order valence-electron chi connectivity index (χ1n) is 6.43. The third kappa shape index (κ3) is 4.04. The van der Waals surface area contributed by atoms with Crippen LogP contribution in [0.15, 0.2) is 24.3 Å². The fourth-order valence-corrected chi connectivity index (χ4v) is 2.09. The van der Waals surface area contributed by atoms with Gasteiger partial charge < -0.3 is 15.4 Å². The molecule has 98 valence electrons. The van der Waals surface area contributed by atoms with E-state index in [4.69, 9.17) is 4.74 Å². The van der Waals surface area contributed by atoms with Gasteiger partial charge in [0.25, 0.3) is 0 Å². The average Bonchev–Trinajstić information content (AvgIpc) is 2.38. The van der Waals surface area contributed by atoms with Crippen molar-refractivity contribution in [1.29, 1.82) is 0 Å². The molecule has 0 saturated carbocycles. The summed E-state index contributed by atoms with van der Waals surface area (Å²) in [6, 6.07) is 7.65. The second kappa shape index (κ2) is 6.40. The van der Waals surface area contributed by atoms with Crippen molar-refractivity contribution in [3.05, 3.63) is 29.8 Å². The lowest BCUT2D eigenvalue weighted by Gasteiger charge is -2.22. The molecular formula is C14H20N2O2. The Hall–Kier alpha value is -1.55. The van der Waals surface area contributed by atoms with Gasteiger partial charge in [0.05, 0.1) is 0 Å². The lowest BCUT2D eigenvalue weighted by atomic mass is 10.0. The Morgan fingerprint density at radius 1 is 1.39 bits per heavy atom. The van der Waals surface area contributed by atoms with Crippen molar-refractivity contribution in [3.63, 3.8) is 0 Å². The molecule has 2 N–H and O–H groups in total. The number of amides is 2. The van der Waals surface area contributed by atoms with Crippen LogP contribution >= 0.6 is 0 Å². The molecule has 1 aliphatic heterocycles. The topological polar surface area (TPSA) is 50.4 Å². The summed E-state index contributed by atoms with van der Waals surface area (Å²) in [5, 5.41) is 5.76. The molecule has 1 aromatic carbocycles. The first-order chi connectivity index (χ1) is 8.74. The number of hydrogen-bond donors (Lipinski definition) is 2. The van der Waals surface area contributed by atoms with Gasteiger partial charge in [0.15, 0.2) is 0 Å². The van der Waals surface area contributed by atoms with E-state index in [-0.39, 0.29) is 6.03 Å². The van der Waals surface area contributed by atoms with Gasteiger partial charge in [0, 0.05) is 25.4 Å². The number of ether oxygens (including phenoxy) is 1. The van der Waals surface area contributed by atoms with Gasteiger partial charge in [-0.3, -0.25) is 0 Å². The molecule has 0 aliphatic carbocycles. The van der Waals surface area contributed by atoms with Gasteiger partial charge in [-0.1, -0.05) is 12.1 Å². The van der Waals surface area contributed by atoms with E-state index in [9.17, 15) is 4.79 Å². The van der Waals surface area contributed by atoms with Crippen molar-refractivity contribution >= 4 is 11.7 Å². The zero-order valence-electron chi connectivity index (χ0n) is 10.7. The fraction of sp³-hybridized carbons (Fsp3) is 0.500. The second-order valence-corrected chi connectivity index (χ2v) is 4.76. The van der Waals surface area contributed by atoms with Crippen LogP contribution in [0.1, 0.15) is 18.4 Å². The van der Waals surface area contributed by atoms with Crippen LogP contribution in [-0.2, 0) is 4.74 Å². The van der Waals surface area contributed by atoms with Crippen LogP contribution in [0.3, 0.4) is 0 Å². The maximum atomic E-state index is 11.7. The minimum absolute atomic E-state index is 0.132. The summed E-state index contributed by atoms with van der Waals surface area (Å²) < 4.78 is 5.29. The maximum Gasteiger partial charge on any atom is 0.319 e. The van der Waals surface area contributed by atoms with Crippen LogP contribution in [0.2, 0.25) is 0 Å². The van der Waals surface area contributed by atoms with Gasteiger partial charge in [-0.2, -0.15) is 0 Å². The predicted octanol–water partition coefficient (Wildman–Crippen LogP) is 2.54. The summed E-state index contributed by atoms with van der Waals surface area (Å²) in [5.74, 6) is 0.544. The monoisotopic (exact) mass is 248 g/mol. The minimum Gasteiger partial charge on any atom is -0.381 e. The molecule has 0 aromatic heterocycles. The first-order valence-corrected chi connectivity index (χ1v) is 6.43. The highest BCUT2D eigenvalue weighted by Crippen LogP contribution is 2.13. The van der Waals surface area contributed by atoms with E-state index >= 15 is 0 Å². The molecule has 1 saturated heterocycles. The molecule has 1 fully saturated rings. The van der Waals surface area contributed by atoms with E-state index < -0.39 is 0 Å². The highest BCUT2D eigenvalue weighted by molar-refractivity contribution is 5.89. The van der Waals surface area contributed by atoms with Crippen LogP contribution in [0.25, 0.3) is 0 Å². The summed E-state index contributed by atoms with van der Waals surface area (Å²) >= 11 is 0. The second-order valence-electron chi connectivity index (χ2n) is 4.76. The Morgan fingerprint density at radius 2 is 2.17 bits per heavy atom. The number of nitrogens with one attached hydrogen (secondary N) is 2. The van der Waals surface area contributed by atoms with Gasteiger partial charge in [-0.25, -0.2) is 4.79 Å². The maximum absolute atomic E-state index is 11.7. The van der Waals surface area contributed by atoms with Crippen molar-refractivity contribution in [1.82, 2.24) is 5.32 Å². The van der Waals surface area contributed by atoms with Crippen molar-refractivity contribution in [2.45, 2.75) is 19.8 Å². The molecule has 2 amide bonds. The number of aryl methyl sites for hydroxylation is 1. The number of hydrogen-bond acceptors (Lipinski definition) is 2. The molecule has 4 nitrogen and oxygen atoms in total. The highest BCUT2D eigenvalue weighted by atomic mass is 16.5. The standard InChI is InChI=1S/C14H20N2O2/c1-11-3-2-4-13(9-11)16-14(17)15-10-12-5-7-18-8-6-12/h2-4,9,12H,5-8,10H2,1H3,(H2,15,16,17). The van der Waals surface area contributed by atoms with Gasteiger partial charge in [0.2, 0.25) is 0 Å². The average molecular weight is 248 g/mol. The molecule has 1 aromatic rings. The van der Waals surface area contributed by atoms with Crippen LogP contribution in [0.4, 0.5) is 10.5 Å². The van der Waals surface area contributed by atoms with Crippen LogP contribution < -0.4 is 10.6 Å². The summed E-state index contributed by atoms with van der Waals surface area (Å²) in [6.45, 7) is 4.35. The molecule has 0 unspecified atom stereocenters. The Labute approximate surface area is 108 Å². The van der Waals surface area contributed by atoms with Crippen molar-refractivity contribution in [3.8, 4) is 0 Å². The van der Waals surface area contributed by atoms with Crippen molar-refractivity contribution in [2.24, 2.45) is 5.92 Å². The molecule has 2 rings (SSSR count).